The molecule has 0 atom stereocenters. The predicted molar refractivity (Wildman–Crippen MR) is 197 cm³/mol. The van der Waals surface area contributed by atoms with Crippen molar-refractivity contribution in [3.05, 3.63) is 164 Å². The van der Waals surface area contributed by atoms with E-state index in [0.29, 0.717) is 0 Å². The average Bonchev–Trinajstić information content (AvgIpc) is 3.14. The highest BCUT2D eigenvalue weighted by molar-refractivity contribution is 8.00. The standard InChI is InChI=1S/C41H27BN4S/c1-3-13-28(14-4-1)44-34-20-10-11-21-35(34)46(29-15-5-2-6-16-29)40-36(44)27-38-39-41(40)45(30-23-25-43-26-24-30)33-19-9-7-17-31(33)42(39)32-18-8-12-22-37(32)47-38/h1-27H. The van der Waals surface area contributed by atoms with Crippen LogP contribution in [0.3, 0.4) is 0 Å². The molecule has 6 aromatic carbocycles. The van der Waals surface area contributed by atoms with E-state index in [0.717, 1.165) is 39.8 Å². The average molecular weight is 619 g/mol. The molecule has 3 aliphatic rings. The summed E-state index contributed by atoms with van der Waals surface area (Å²) in [6, 6.07) is 55.0. The molecule has 0 amide bonds. The Labute approximate surface area is 278 Å². The van der Waals surface area contributed by atoms with Crippen LogP contribution in [0.1, 0.15) is 0 Å². The van der Waals surface area contributed by atoms with Gasteiger partial charge in [0.05, 0.1) is 28.4 Å². The van der Waals surface area contributed by atoms with Gasteiger partial charge in [-0.2, -0.15) is 0 Å². The molecule has 10 rings (SSSR count). The number of nitrogens with zero attached hydrogens (tertiary/aromatic N) is 4. The molecule has 6 heteroatoms. The minimum absolute atomic E-state index is 0.0945. The SMILES string of the molecule is c1ccc(N2c3ccccc3N(c3ccccc3)c3c2cc2c4c3N(c3ccncc3)c3ccccc3B4c3ccccc3S2)cc1. The molecule has 3 aliphatic heterocycles. The Morgan fingerprint density at radius 1 is 0.426 bits per heavy atom. The van der Waals surface area contributed by atoms with Crippen molar-refractivity contribution in [3.63, 3.8) is 0 Å². The van der Waals surface area contributed by atoms with E-state index in [4.69, 9.17) is 0 Å². The van der Waals surface area contributed by atoms with Crippen molar-refractivity contribution in [1.82, 2.24) is 4.98 Å². The number of aromatic nitrogens is 1. The third-order valence-electron chi connectivity index (χ3n) is 9.48. The van der Waals surface area contributed by atoms with Crippen molar-refractivity contribution in [3.8, 4) is 0 Å². The normalized spacial score (nSPS) is 13.7. The van der Waals surface area contributed by atoms with Crippen molar-refractivity contribution in [2.24, 2.45) is 0 Å². The number of hydrogen-bond acceptors (Lipinski definition) is 5. The molecule has 7 aromatic rings. The molecule has 47 heavy (non-hydrogen) atoms. The second kappa shape index (κ2) is 10.4. The summed E-state index contributed by atoms with van der Waals surface area (Å²) in [6.07, 6.45) is 3.80. The molecule has 0 radical (unpaired) electrons. The van der Waals surface area contributed by atoms with Gasteiger partial charge in [-0.15, -0.1) is 0 Å². The highest BCUT2D eigenvalue weighted by atomic mass is 32.2. The smallest absolute Gasteiger partial charge is 0.249 e. The van der Waals surface area contributed by atoms with Crippen molar-refractivity contribution in [2.45, 2.75) is 9.79 Å². The van der Waals surface area contributed by atoms with Crippen LogP contribution in [-0.4, -0.2) is 11.7 Å². The second-order valence-corrected chi connectivity index (χ2v) is 13.1. The number of pyridine rings is 1. The molecule has 0 saturated carbocycles. The summed E-state index contributed by atoms with van der Waals surface area (Å²) in [4.78, 5) is 14.4. The van der Waals surface area contributed by atoms with Crippen LogP contribution < -0.4 is 31.1 Å². The first-order valence-corrected chi connectivity index (χ1v) is 16.7. The third-order valence-corrected chi connectivity index (χ3v) is 10.6. The molecule has 0 bridgehead atoms. The largest absolute Gasteiger partial charge is 0.309 e. The molecule has 0 fully saturated rings. The number of hydrogen-bond donors (Lipinski definition) is 0. The van der Waals surface area contributed by atoms with Crippen molar-refractivity contribution < 1.29 is 0 Å². The summed E-state index contributed by atoms with van der Waals surface area (Å²) in [6.45, 7) is 0.0945. The number of benzene rings is 6. The summed E-state index contributed by atoms with van der Waals surface area (Å²) in [5, 5.41) is 0. The van der Waals surface area contributed by atoms with Gasteiger partial charge in [0.25, 0.3) is 0 Å². The van der Waals surface area contributed by atoms with Gasteiger partial charge in [0.2, 0.25) is 6.71 Å². The second-order valence-electron chi connectivity index (χ2n) is 12.0. The van der Waals surface area contributed by atoms with Crippen LogP contribution in [0.4, 0.5) is 51.2 Å². The van der Waals surface area contributed by atoms with Crippen LogP contribution in [0.15, 0.2) is 174 Å². The molecule has 0 spiro atoms. The molecule has 4 nitrogen and oxygen atoms in total. The molecule has 0 unspecified atom stereocenters. The first kappa shape index (κ1) is 26.5. The summed E-state index contributed by atoms with van der Waals surface area (Å²) in [5.74, 6) is 0. The first-order chi connectivity index (χ1) is 23.4. The van der Waals surface area contributed by atoms with Gasteiger partial charge < -0.3 is 14.7 Å². The Bertz CT molecular complexity index is 2310. The quantitative estimate of drug-likeness (QED) is 0.184. The summed E-state index contributed by atoms with van der Waals surface area (Å²) in [5.41, 5.74) is 14.3. The Hall–Kier alpha value is -5.72. The Kier molecular flexibility index (Phi) is 5.87. The lowest BCUT2D eigenvalue weighted by molar-refractivity contribution is 1.14. The highest BCUT2D eigenvalue weighted by Crippen LogP contribution is 2.60. The fraction of sp³-hybridized carbons (Fsp3) is 0. The van der Waals surface area contributed by atoms with Crippen LogP contribution in [0.2, 0.25) is 0 Å². The molecule has 4 heterocycles. The van der Waals surface area contributed by atoms with Crippen LogP contribution >= 0.6 is 11.8 Å². The van der Waals surface area contributed by atoms with Gasteiger partial charge in [0.1, 0.15) is 0 Å². The highest BCUT2D eigenvalue weighted by Gasteiger charge is 2.45. The van der Waals surface area contributed by atoms with E-state index in [1.54, 1.807) is 0 Å². The lowest BCUT2D eigenvalue weighted by Crippen LogP contribution is -2.60. The van der Waals surface area contributed by atoms with Gasteiger partial charge in [-0.1, -0.05) is 102 Å². The summed E-state index contributed by atoms with van der Waals surface area (Å²) >= 11 is 1.89. The van der Waals surface area contributed by atoms with Gasteiger partial charge in [-0.05, 0) is 77.7 Å². The van der Waals surface area contributed by atoms with E-state index in [1.807, 2.05) is 24.2 Å². The molecular formula is C41H27BN4S. The van der Waals surface area contributed by atoms with Gasteiger partial charge >= 0.3 is 0 Å². The van der Waals surface area contributed by atoms with E-state index in [9.17, 15) is 0 Å². The van der Waals surface area contributed by atoms with Gasteiger partial charge in [0.15, 0.2) is 0 Å². The zero-order valence-electron chi connectivity index (χ0n) is 25.4. The predicted octanol–water partition coefficient (Wildman–Crippen LogP) is 9.10. The monoisotopic (exact) mass is 618 g/mol. The van der Waals surface area contributed by atoms with E-state index >= 15 is 0 Å². The third kappa shape index (κ3) is 3.88. The number of para-hydroxylation sites is 5. The Balaban J connectivity index is 1.39. The lowest BCUT2D eigenvalue weighted by Gasteiger charge is -2.47. The fourth-order valence-electron chi connectivity index (χ4n) is 7.64. The zero-order valence-corrected chi connectivity index (χ0v) is 26.2. The lowest BCUT2D eigenvalue weighted by atomic mass is 9.34. The number of fused-ring (bicyclic) bond motifs is 7. The Morgan fingerprint density at radius 3 is 1.68 bits per heavy atom. The van der Waals surface area contributed by atoms with Crippen LogP contribution in [0, 0.1) is 0 Å². The Morgan fingerprint density at radius 2 is 0.957 bits per heavy atom. The van der Waals surface area contributed by atoms with Crippen molar-refractivity contribution in [2.75, 3.05) is 14.7 Å². The van der Waals surface area contributed by atoms with Crippen LogP contribution in [0.25, 0.3) is 0 Å². The van der Waals surface area contributed by atoms with E-state index in [2.05, 4.69) is 171 Å². The molecule has 1 aromatic heterocycles. The minimum atomic E-state index is 0.0945. The van der Waals surface area contributed by atoms with Gasteiger partial charge in [-0.25, -0.2) is 0 Å². The maximum absolute atomic E-state index is 4.42. The minimum Gasteiger partial charge on any atom is -0.309 e. The number of anilines is 9. The van der Waals surface area contributed by atoms with Crippen LogP contribution in [0.5, 0.6) is 0 Å². The van der Waals surface area contributed by atoms with Crippen molar-refractivity contribution in [1.29, 1.82) is 0 Å². The summed E-state index contributed by atoms with van der Waals surface area (Å²) < 4.78 is 0. The maximum Gasteiger partial charge on any atom is 0.249 e. The van der Waals surface area contributed by atoms with E-state index < -0.39 is 0 Å². The molecule has 0 saturated heterocycles. The summed E-state index contributed by atoms with van der Waals surface area (Å²) in [7, 11) is 0. The zero-order chi connectivity index (χ0) is 30.9. The molecule has 0 N–H and O–H groups in total. The molecular weight excluding hydrogens is 591 g/mol. The van der Waals surface area contributed by atoms with Crippen LogP contribution in [-0.2, 0) is 0 Å². The first-order valence-electron chi connectivity index (χ1n) is 15.9. The molecule has 220 valence electrons. The molecule has 0 aliphatic carbocycles. The van der Waals surface area contributed by atoms with Crippen molar-refractivity contribution >= 4 is 86.0 Å². The number of rotatable bonds is 3. The topological polar surface area (TPSA) is 22.6 Å². The van der Waals surface area contributed by atoms with Gasteiger partial charge in [-0.3, -0.25) is 4.98 Å². The maximum atomic E-state index is 4.42. The van der Waals surface area contributed by atoms with E-state index in [1.165, 1.54) is 37.6 Å². The fourth-order valence-corrected chi connectivity index (χ4v) is 8.82. The van der Waals surface area contributed by atoms with E-state index in [-0.39, 0.29) is 6.71 Å². The van der Waals surface area contributed by atoms with Gasteiger partial charge in [0, 0.05) is 44.9 Å².